The van der Waals surface area contributed by atoms with Gasteiger partial charge in [-0.15, -0.1) is 0 Å². The van der Waals surface area contributed by atoms with Crippen LogP contribution in [0.5, 0.6) is 5.75 Å². The predicted molar refractivity (Wildman–Crippen MR) is 91.1 cm³/mol. The van der Waals surface area contributed by atoms with Crippen molar-refractivity contribution in [3.8, 4) is 5.75 Å². The average Bonchev–Trinajstić information content (AvgIpc) is 2.55. The first kappa shape index (κ1) is 17.5. The van der Waals surface area contributed by atoms with Crippen molar-refractivity contribution in [2.75, 3.05) is 26.7 Å². The van der Waals surface area contributed by atoms with Gasteiger partial charge in [-0.2, -0.15) is 0 Å². The molecule has 1 aliphatic heterocycles. The average molecular weight is 318 g/mol. The largest absolute Gasteiger partial charge is 0.497 e. The number of hydrogen-bond donors (Lipinski definition) is 2. The lowest BCUT2D eigenvalue weighted by Gasteiger charge is -2.37. The molecule has 1 aromatic rings. The molecule has 23 heavy (non-hydrogen) atoms. The van der Waals surface area contributed by atoms with E-state index in [0.717, 1.165) is 16.9 Å². The highest BCUT2D eigenvalue weighted by Crippen LogP contribution is 2.26. The third-order valence-corrected chi connectivity index (χ3v) is 4.48. The standard InChI is InChI=1S/C18H26N2O3/c1-14(15-4-3-5-16(13-15)23-2)12-17(21)20-10-7-18(22,6-9-19)8-11-20/h3-5,12-13,22H,6-11,19H2,1-2H3/b14-12+. The number of carbonyl (C=O) groups excluding carboxylic acids is 1. The normalized spacial score (nSPS) is 17.9. The van der Waals surface area contributed by atoms with Gasteiger partial charge in [-0.05, 0) is 56.0 Å². The van der Waals surface area contributed by atoms with Gasteiger partial charge in [0.05, 0.1) is 12.7 Å². The number of likely N-dealkylation sites (tertiary alicyclic amines) is 1. The lowest BCUT2D eigenvalue weighted by molar-refractivity contribution is -0.130. The van der Waals surface area contributed by atoms with E-state index in [-0.39, 0.29) is 5.91 Å². The summed E-state index contributed by atoms with van der Waals surface area (Å²) in [5.41, 5.74) is 6.69. The third kappa shape index (κ3) is 4.56. The van der Waals surface area contributed by atoms with Gasteiger partial charge in [0.1, 0.15) is 5.75 Å². The minimum absolute atomic E-state index is 0.0138. The maximum Gasteiger partial charge on any atom is 0.246 e. The molecule has 0 saturated carbocycles. The molecular weight excluding hydrogens is 292 g/mol. The van der Waals surface area contributed by atoms with E-state index in [2.05, 4.69) is 0 Å². The van der Waals surface area contributed by atoms with Gasteiger partial charge in [0.2, 0.25) is 5.91 Å². The lowest BCUT2D eigenvalue weighted by atomic mass is 9.88. The third-order valence-electron chi connectivity index (χ3n) is 4.48. The number of nitrogens with zero attached hydrogens (tertiary/aromatic N) is 1. The van der Waals surface area contributed by atoms with Crippen LogP contribution in [-0.2, 0) is 4.79 Å². The maximum absolute atomic E-state index is 12.4. The molecule has 1 heterocycles. The summed E-state index contributed by atoms with van der Waals surface area (Å²) in [6.07, 6.45) is 3.42. The summed E-state index contributed by atoms with van der Waals surface area (Å²) >= 11 is 0. The first-order chi connectivity index (χ1) is 11.0. The fourth-order valence-electron chi connectivity index (χ4n) is 2.89. The molecule has 0 atom stereocenters. The van der Waals surface area contributed by atoms with Crippen LogP contribution < -0.4 is 10.5 Å². The van der Waals surface area contributed by atoms with Gasteiger partial charge in [-0.3, -0.25) is 4.79 Å². The van der Waals surface area contributed by atoms with Crippen LogP contribution in [-0.4, -0.2) is 48.3 Å². The van der Waals surface area contributed by atoms with E-state index in [0.29, 0.717) is 38.9 Å². The number of nitrogens with two attached hydrogens (primary N) is 1. The zero-order valence-electron chi connectivity index (χ0n) is 13.9. The van der Waals surface area contributed by atoms with Gasteiger partial charge in [0, 0.05) is 19.2 Å². The Kier molecular flexibility index (Phi) is 5.80. The number of rotatable bonds is 5. The SMILES string of the molecule is COc1cccc(/C(C)=C/C(=O)N2CCC(O)(CCN)CC2)c1. The van der Waals surface area contributed by atoms with E-state index in [1.165, 1.54) is 0 Å². The summed E-state index contributed by atoms with van der Waals surface area (Å²) in [6, 6.07) is 7.65. The molecule has 0 unspecified atom stereocenters. The predicted octanol–water partition coefficient (Wildman–Crippen LogP) is 1.80. The van der Waals surface area contributed by atoms with Crippen LogP contribution in [0.1, 0.15) is 31.7 Å². The molecule has 0 radical (unpaired) electrons. The molecule has 1 aliphatic rings. The molecule has 1 saturated heterocycles. The molecule has 0 aliphatic carbocycles. The molecule has 5 heteroatoms. The van der Waals surface area contributed by atoms with Gasteiger partial charge in [-0.1, -0.05) is 12.1 Å². The zero-order valence-corrected chi connectivity index (χ0v) is 13.9. The number of methoxy groups -OCH3 is 1. The van der Waals surface area contributed by atoms with Crippen molar-refractivity contribution >= 4 is 11.5 Å². The Hall–Kier alpha value is -1.85. The lowest BCUT2D eigenvalue weighted by Crippen LogP contribution is -2.47. The topological polar surface area (TPSA) is 75.8 Å². The molecule has 1 aromatic carbocycles. The molecule has 2 rings (SSSR count). The Morgan fingerprint density at radius 1 is 1.43 bits per heavy atom. The van der Waals surface area contributed by atoms with Crippen molar-refractivity contribution in [1.82, 2.24) is 4.90 Å². The summed E-state index contributed by atoms with van der Waals surface area (Å²) in [7, 11) is 1.62. The number of ether oxygens (including phenoxy) is 1. The van der Waals surface area contributed by atoms with E-state index < -0.39 is 5.60 Å². The Morgan fingerprint density at radius 2 is 2.13 bits per heavy atom. The number of aliphatic hydroxyl groups is 1. The van der Waals surface area contributed by atoms with Crippen molar-refractivity contribution in [2.45, 2.75) is 31.8 Å². The fraction of sp³-hybridized carbons (Fsp3) is 0.500. The van der Waals surface area contributed by atoms with Gasteiger partial charge in [-0.25, -0.2) is 0 Å². The second-order valence-electron chi connectivity index (χ2n) is 6.15. The fourth-order valence-corrected chi connectivity index (χ4v) is 2.89. The molecular formula is C18H26N2O3. The van der Waals surface area contributed by atoms with Gasteiger partial charge in [0.15, 0.2) is 0 Å². The van der Waals surface area contributed by atoms with Gasteiger partial charge < -0.3 is 20.5 Å². The molecule has 0 bridgehead atoms. The summed E-state index contributed by atoms with van der Waals surface area (Å²) in [6.45, 7) is 3.52. The van der Waals surface area contributed by atoms with E-state index in [1.54, 1.807) is 18.1 Å². The highest BCUT2D eigenvalue weighted by molar-refractivity contribution is 5.95. The Balaban J connectivity index is 2.01. The van der Waals surface area contributed by atoms with Crippen LogP contribution in [0.4, 0.5) is 0 Å². The summed E-state index contributed by atoms with van der Waals surface area (Å²) in [5.74, 6) is 0.757. The summed E-state index contributed by atoms with van der Waals surface area (Å²) < 4.78 is 5.21. The second kappa shape index (κ2) is 7.62. The second-order valence-corrected chi connectivity index (χ2v) is 6.15. The van der Waals surface area contributed by atoms with Crippen molar-refractivity contribution in [3.63, 3.8) is 0 Å². The molecule has 3 N–H and O–H groups in total. The van der Waals surface area contributed by atoms with Crippen LogP contribution >= 0.6 is 0 Å². The molecule has 1 fully saturated rings. The molecule has 1 amide bonds. The monoisotopic (exact) mass is 318 g/mol. The van der Waals surface area contributed by atoms with Crippen LogP contribution in [0, 0.1) is 0 Å². The number of hydrogen-bond acceptors (Lipinski definition) is 4. The van der Waals surface area contributed by atoms with Crippen molar-refractivity contribution < 1.29 is 14.6 Å². The van der Waals surface area contributed by atoms with Crippen LogP contribution in [0.2, 0.25) is 0 Å². The van der Waals surface area contributed by atoms with Crippen molar-refractivity contribution in [3.05, 3.63) is 35.9 Å². The summed E-state index contributed by atoms with van der Waals surface area (Å²) in [4.78, 5) is 14.2. The van der Waals surface area contributed by atoms with E-state index in [9.17, 15) is 9.90 Å². The number of amides is 1. The molecule has 5 nitrogen and oxygen atoms in total. The van der Waals surface area contributed by atoms with Crippen LogP contribution in [0.3, 0.4) is 0 Å². The van der Waals surface area contributed by atoms with Crippen molar-refractivity contribution in [1.29, 1.82) is 0 Å². The van der Waals surface area contributed by atoms with Crippen LogP contribution in [0.15, 0.2) is 30.3 Å². The van der Waals surface area contributed by atoms with Gasteiger partial charge >= 0.3 is 0 Å². The van der Waals surface area contributed by atoms with E-state index >= 15 is 0 Å². The Bertz CT molecular complexity index is 575. The van der Waals surface area contributed by atoms with Gasteiger partial charge in [0.25, 0.3) is 0 Å². The molecule has 126 valence electrons. The highest BCUT2D eigenvalue weighted by Gasteiger charge is 2.32. The number of piperidine rings is 1. The number of benzene rings is 1. The van der Waals surface area contributed by atoms with Crippen molar-refractivity contribution in [2.24, 2.45) is 5.73 Å². The first-order valence-corrected chi connectivity index (χ1v) is 8.01. The first-order valence-electron chi connectivity index (χ1n) is 8.01. The van der Waals surface area contributed by atoms with Crippen LogP contribution in [0.25, 0.3) is 5.57 Å². The number of carbonyl (C=O) groups is 1. The highest BCUT2D eigenvalue weighted by atomic mass is 16.5. The maximum atomic E-state index is 12.4. The minimum Gasteiger partial charge on any atom is -0.497 e. The molecule has 0 spiro atoms. The minimum atomic E-state index is -0.711. The number of allylic oxidation sites excluding steroid dienone is 1. The molecule has 0 aromatic heterocycles. The zero-order chi connectivity index (χ0) is 16.9. The quantitative estimate of drug-likeness (QED) is 0.812. The summed E-state index contributed by atoms with van der Waals surface area (Å²) in [5, 5.41) is 10.3. The Morgan fingerprint density at radius 3 is 2.74 bits per heavy atom. The Labute approximate surface area is 137 Å². The smallest absolute Gasteiger partial charge is 0.246 e. The van der Waals surface area contributed by atoms with E-state index in [1.807, 2.05) is 31.2 Å². The van der Waals surface area contributed by atoms with E-state index in [4.69, 9.17) is 10.5 Å².